The first-order chi connectivity index (χ1) is 13.1. The van der Waals surface area contributed by atoms with E-state index in [1.165, 1.54) is 6.07 Å². The number of pyridine rings is 1. The van der Waals surface area contributed by atoms with Crippen LogP contribution in [-0.4, -0.2) is 37.3 Å². The van der Waals surface area contributed by atoms with E-state index in [1.807, 2.05) is 0 Å². The second-order valence-electron chi connectivity index (χ2n) is 7.37. The van der Waals surface area contributed by atoms with E-state index in [-0.39, 0.29) is 29.8 Å². The van der Waals surface area contributed by atoms with Crippen LogP contribution in [0.3, 0.4) is 0 Å². The summed E-state index contributed by atoms with van der Waals surface area (Å²) in [6.45, 7) is 0. The Bertz CT molecular complexity index is 1010. The molecule has 3 aliphatic rings. The third-order valence-electron chi connectivity index (χ3n) is 5.95. The number of hydrogen-bond acceptors (Lipinski definition) is 6. The molecule has 0 aliphatic heterocycles. The summed E-state index contributed by atoms with van der Waals surface area (Å²) in [5.74, 6) is -0.973. The molecule has 27 heavy (non-hydrogen) atoms. The van der Waals surface area contributed by atoms with Gasteiger partial charge in [-0.05, 0) is 43.6 Å². The summed E-state index contributed by atoms with van der Waals surface area (Å²) >= 11 is 0. The minimum Gasteiger partial charge on any atom is -0.481 e. The van der Waals surface area contributed by atoms with Gasteiger partial charge in [-0.1, -0.05) is 5.10 Å². The van der Waals surface area contributed by atoms with Crippen LogP contribution in [-0.2, 0) is 4.79 Å². The SMILES string of the molecule is O=C(O)[C@@H]1C(Nc2nnc(-c3c[nH]c4ncc(F)cc34)o2)[C@H]2CC[C@@H]1CC2. The lowest BCUT2D eigenvalue weighted by atomic mass is 9.61. The summed E-state index contributed by atoms with van der Waals surface area (Å²) in [7, 11) is 0. The molecule has 3 N–H and O–H groups in total. The molecule has 0 radical (unpaired) electrons. The van der Waals surface area contributed by atoms with Crippen molar-refractivity contribution >= 4 is 23.0 Å². The summed E-state index contributed by atoms with van der Waals surface area (Å²) in [5, 5.41) is 21.4. The highest BCUT2D eigenvalue weighted by Gasteiger charge is 2.47. The number of aromatic nitrogens is 4. The highest BCUT2D eigenvalue weighted by atomic mass is 19.1. The molecule has 0 saturated heterocycles. The van der Waals surface area contributed by atoms with Crippen molar-refractivity contribution in [1.29, 1.82) is 0 Å². The minimum atomic E-state index is -0.778. The Balaban J connectivity index is 1.43. The molecule has 2 atom stereocenters. The maximum absolute atomic E-state index is 13.5. The number of aliphatic carboxylic acids is 1. The third kappa shape index (κ3) is 2.65. The molecule has 140 valence electrons. The van der Waals surface area contributed by atoms with Crippen LogP contribution < -0.4 is 5.32 Å². The Kier molecular flexibility index (Phi) is 3.63. The highest BCUT2D eigenvalue weighted by Crippen LogP contribution is 2.46. The number of nitrogens with zero attached hydrogens (tertiary/aromatic N) is 3. The molecular formula is C18H18FN5O3. The van der Waals surface area contributed by atoms with Crippen molar-refractivity contribution < 1.29 is 18.7 Å². The number of rotatable bonds is 4. The fourth-order valence-corrected chi connectivity index (χ4v) is 4.70. The summed E-state index contributed by atoms with van der Waals surface area (Å²) in [6, 6.07) is 1.32. The van der Waals surface area contributed by atoms with Crippen LogP contribution in [0.1, 0.15) is 25.7 Å². The van der Waals surface area contributed by atoms with Gasteiger partial charge in [-0.2, -0.15) is 0 Å². The normalized spacial score (nSPS) is 27.1. The standard InChI is InChI=1S/C18H18FN5O3/c19-10-5-11-12(7-21-15(11)20-6-10)16-23-24-18(27-16)22-14-9-3-1-8(2-4-9)13(14)17(25)26/h5-9,13-14H,1-4H2,(H,20,21)(H,22,24)(H,25,26)/t8-,9+,13-,14?/m0/s1. The zero-order valence-electron chi connectivity index (χ0n) is 14.4. The number of hydrogen-bond donors (Lipinski definition) is 3. The number of H-pyrrole nitrogens is 1. The molecule has 9 heteroatoms. The molecular weight excluding hydrogens is 353 g/mol. The van der Waals surface area contributed by atoms with Crippen molar-refractivity contribution in [2.24, 2.45) is 17.8 Å². The van der Waals surface area contributed by atoms with E-state index in [1.54, 1.807) is 6.20 Å². The third-order valence-corrected chi connectivity index (χ3v) is 5.95. The first-order valence-electron chi connectivity index (χ1n) is 9.06. The molecule has 1 unspecified atom stereocenters. The van der Waals surface area contributed by atoms with Crippen LogP contribution in [0.2, 0.25) is 0 Å². The summed E-state index contributed by atoms with van der Waals surface area (Å²) < 4.78 is 19.2. The van der Waals surface area contributed by atoms with Crippen molar-refractivity contribution in [2.45, 2.75) is 31.7 Å². The smallest absolute Gasteiger partial charge is 0.315 e. The lowest BCUT2D eigenvalue weighted by Gasteiger charge is -2.46. The first kappa shape index (κ1) is 16.2. The zero-order valence-corrected chi connectivity index (χ0v) is 14.4. The predicted molar refractivity (Wildman–Crippen MR) is 93.3 cm³/mol. The monoisotopic (exact) mass is 371 g/mol. The molecule has 3 heterocycles. The topological polar surface area (TPSA) is 117 Å². The van der Waals surface area contributed by atoms with Crippen LogP contribution in [0.25, 0.3) is 22.5 Å². The Morgan fingerprint density at radius 1 is 1.26 bits per heavy atom. The fourth-order valence-electron chi connectivity index (χ4n) is 4.70. The Labute approximate surface area is 153 Å². The van der Waals surface area contributed by atoms with Crippen molar-refractivity contribution in [3.63, 3.8) is 0 Å². The van der Waals surface area contributed by atoms with Crippen molar-refractivity contribution in [1.82, 2.24) is 20.2 Å². The number of fused-ring (bicyclic) bond motifs is 4. The molecule has 3 saturated carbocycles. The largest absolute Gasteiger partial charge is 0.481 e. The molecule has 2 bridgehead atoms. The molecule has 0 amide bonds. The molecule has 3 fully saturated rings. The van der Waals surface area contributed by atoms with E-state index in [0.717, 1.165) is 31.9 Å². The van der Waals surface area contributed by atoms with Crippen molar-refractivity contribution in [3.05, 3.63) is 24.3 Å². The van der Waals surface area contributed by atoms with E-state index in [9.17, 15) is 14.3 Å². The Morgan fingerprint density at radius 3 is 2.81 bits per heavy atom. The van der Waals surface area contributed by atoms with Gasteiger partial charge >= 0.3 is 12.0 Å². The van der Waals surface area contributed by atoms with Gasteiger partial charge in [0.2, 0.25) is 0 Å². The molecule has 6 rings (SSSR count). The van der Waals surface area contributed by atoms with Gasteiger partial charge in [-0.3, -0.25) is 4.79 Å². The number of aromatic amines is 1. The van der Waals surface area contributed by atoms with Crippen LogP contribution >= 0.6 is 0 Å². The number of carboxylic acid groups (broad SMARTS) is 1. The van der Waals surface area contributed by atoms with Crippen LogP contribution in [0.15, 0.2) is 22.9 Å². The maximum atomic E-state index is 13.5. The predicted octanol–water partition coefficient (Wildman–Crippen LogP) is 3.05. The number of nitrogens with one attached hydrogen (secondary N) is 2. The second-order valence-corrected chi connectivity index (χ2v) is 7.37. The lowest BCUT2D eigenvalue weighted by Crippen LogP contribution is -2.51. The summed E-state index contributed by atoms with van der Waals surface area (Å²) in [5.41, 5.74) is 1.08. The average Bonchev–Trinajstić information content (AvgIpc) is 3.28. The minimum absolute atomic E-state index is 0.188. The van der Waals surface area contributed by atoms with Crippen LogP contribution in [0.5, 0.6) is 0 Å². The maximum Gasteiger partial charge on any atom is 0.315 e. The molecule has 0 spiro atoms. The number of anilines is 1. The summed E-state index contributed by atoms with van der Waals surface area (Å²) in [6.07, 6.45) is 6.72. The van der Waals surface area contributed by atoms with Crippen LogP contribution in [0, 0.1) is 23.6 Å². The van der Waals surface area contributed by atoms with Gasteiger partial charge in [0.1, 0.15) is 11.5 Å². The number of carboxylic acids is 1. The van der Waals surface area contributed by atoms with E-state index in [0.29, 0.717) is 16.6 Å². The molecule has 8 nitrogen and oxygen atoms in total. The molecule has 3 aromatic rings. The average molecular weight is 371 g/mol. The van der Waals surface area contributed by atoms with Gasteiger partial charge in [-0.25, -0.2) is 9.37 Å². The van der Waals surface area contributed by atoms with Gasteiger partial charge in [0, 0.05) is 17.6 Å². The van der Waals surface area contributed by atoms with Gasteiger partial charge in [0.25, 0.3) is 5.89 Å². The van der Waals surface area contributed by atoms with E-state index in [4.69, 9.17) is 4.42 Å². The van der Waals surface area contributed by atoms with E-state index in [2.05, 4.69) is 25.5 Å². The lowest BCUT2D eigenvalue weighted by molar-refractivity contribution is -0.148. The second kappa shape index (κ2) is 6.04. The Hall–Kier alpha value is -2.97. The van der Waals surface area contributed by atoms with E-state index >= 15 is 0 Å². The van der Waals surface area contributed by atoms with Gasteiger partial charge in [-0.15, -0.1) is 5.10 Å². The zero-order chi connectivity index (χ0) is 18.5. The van der Waals surface area contributed by atoms with E-state index < -0.39 is 17.7 Å². The van der Waals surface area contributed by atoms with Crippen LogP contribution in [0.4, 0.5) is 10.4 Å². The number of carbonyl (C=O) groups is 1. The Morgan fingerprint density at radius 2 is 2.04 bits per heavy atom. The van der Waals surface area contributed by atoms with Gasteiger partial charge in [0.05, 0.1) is 17.7 Å². The highest BCUT2D eigenvalue weighted by molar-refractivity contribution is 5.91. The summed E-state index contributed by atoms with van der Waals surface area (Å²) in [4.78, 5) is 18.7. The number of halogens is 1. The molecule has 3 aliphatic carbocycles. The molecule has 3 aromatic heterocycles. The first-order valence-corrected chi connectivity index (χ1v) is 9.06. The fraction of sp³-hybridized carbons (Fsp3) is 0.444. The van der Waals surface area contributed by atoms with Gasteiger partial charge < -0.3 is 19.8 Å². The van der Waals surface area contributed by atoms with Crippen molar-refractivity contribution in [3.8, 4) is 11.5 Å². The van der Waals surface area contributed by atoms with Gasteiger partial charge in [0.15, 0.2) is 0 Å². The molecule has 0 aromatic carbocycles. The van der Waals surface area contributed by atoms with Crippen molar-refractivity contribution in [2.75, 3.05) is 5.32 Å². The quantitative estimate of drug-likeness (QED) is 0.645.